The predicted molar refractivity (Wildman–Crippen MR) is 46.5 cm³/mol. The molecule has 0 aliphatic carbocycles. The molecule has 1 aromatic carbocycles. The third kappa shape index (κ3) is 1.63. The highest BCUT2D eigenvalue weighted by Gasteiger charge is 2.24. The molecule has 0 atom stereocenters. The van der Waals surface area contributed by atoms with Crippen LogP contribution in [0.15, 0.2) is 12.1 Å². The summed E-state index contributed by atoms with van der Waals surface area (Å²) in [6.07, 6.45) is 0. The molecule has 0 saturated carbocycles. The molecule has 0 amide bonds. The molecular weight excluding hydrogens is 190 g/mol. The Hall–Kier alpha value is -2.11. The van der Waals surface area contributed by atoms with E-state index >= 15 is 0 Å². The Morgan fingerprint density at radius 1 is 1.50 bits per heavy atom. The summed E-state index contributed by atoms with van der Waals surface area (Å²) >= 11 is 0. The van der Waals surface area contributed by atoms with E-state index in [9.17, 15) is 20.0 Å². The maximum absolute atomic E-state index is 10.6. The first-order chi connectivity index (χ1) is 6.43. The molecular formula is C8H7NO5. The lowest BCUT2D eigenvalue weighted by Crippen LogP contribution is -2.03. The van der Waals surface area contributed by atoms with Crippen molar-refractivity contribution in [3.8, 4) is 5.75 Å². The van der Waals surface area contributed by atoms with E-state index in [1.165, 1.54) is 6.92 Å². The molecule has 0 spiro atoms. The zero-order valence-electron chi connectivity index (χ0n) is 7.22. The van der Waals surface area contributed by atoms with E-state index in [1.807, 2.05) is 0 Å². The number of hydrogen-bond acceptors (Lipinski definition) is 4. The minimum Gasteiger partial charge on any atom is -0.502 e. The van der Waals surface area contributed by atoms with Gasteiger partial charge in [-0.3, -0.25) is 10.1 Å². The van der Waals surface area contributed by atoms with Crippen LogP contribution in [0, 0.1) is 17.0 Å². The number of phenols is 1. The van der Waals surface area contributed by atoms with Gasteiger partial charge in [0, 0.05) is 0 Å². The van der Waals surface area contributed by atoms with Crippen molar-refractivity contribution in [3.63, 3.8) is 0 Å². The van der Waals surface area contributed by atoms with Crippen LogP contribution < -0.4 is 0 Å². The lowest BCUT2D eigenvalue weighted by molar-refractivity contribution is -0.386. The minimum absolute atomic E-state index is 0.450. The molecule has 0 aliphatic rings. The molecule has 1 rings (SSSR count). The Balaban J connectivity index is 3.52. The van der Waals surface area contributed by atoms with Gasteiger partial charge < -0.3 is 10.2 Å². The highest BCUT2D eigenvalue weighted by Crippen LogP contribution is 2.30. The largest absolute Gasteiger partial charge is 0.502 e. The molecule has 1 aromatic rings. The molecule has 6 nitrogen and oxygen atoms in total. The van der Waals surface area contributed by atoms with Gasteiger partial charge in [-0.1, -0.05) is 0 Å². The number of rotatable bonds is 2. The van der Waals surface area contributed by atoms with Crippen LogP contribution in [0.25, 0.3) is 0 Å². The summed E-state index contributed by atoms with van der Waals surface area (Å²) in [5.74, 6) is -2.07. The number of carboxylic acid groups (broad SMARTS) is 1. The number of nitro benzene ring substituents is 1. The van der Waals surface area contributed by atoms with Crippen LogP contribution in [0.3, 0.4) is 0 Å². The minimum atomic E-state index is -1.43. The van der Waals surface area contributed by atoms with Gasteiger partial charge in [0.1, 0.15) is 5.56 Å². The predicted octanol–water partition coefficient (Wildman–Crippen LogP) is 1.31. The van der Waals surface area contributed by atoms with Crippen molar-refractivity contribution in [2.75, 3.05) is 0 Å². The number of phenolic OH excluding ortho intramolecular Hbond substituents is 1. The van der Waals surface area contributed by atoms with Gasteiger partial charge in [-0.05, 0) is 24.6 Å². The van der Waals surface area contributed by atoms with Crippen molar-refractivity contribution in [1.29, 1.82) is 0 Å². The zero-order chi connectivity index (χ0) is 10.9. The Labute approximate surface area is 78.6 Å². The van der Waals surface area contributed by atoms with Crippen molar-refractivity contribution in [2.24, 2.45) is 0 Å². The fourth-order valence-electron chi connectivity index (χ4n) is 1.11. The summed E-state index contributed by atoms with van der Waals surface area (Å²) in [6, 6.07) is 2.28. The summed E-state index contributed by atoms with van der Waals surface area (Å²) in [4.78, 5) is 20.1. The molecule has 0 heterocycles. The summed E-state index contributed by atoms with van der Waals surface area (Å²) in [7, 11) is 0. The second-order valence-corrected chi connectivity index (χ2v) is 2.74. The van der Waals surface area contributed by atoms with Crippen molar-refractivity contribution in [1.82, 2.24) is 0 Å². The first kappa shape index (κ1) is 9.97. The monoisotopic (exact) mass is 197 g/mol. The summed E-state index contributed by atoms with van der Waals surface area (Å²) in [5, 5.41) is 28.3. The van der Waals surface area contributed by atoms with Gasteiger partial charge in [-0.25, -0.2) is 4.79 Å². The SMILES string of the molecule is Cc1cc(O)c([N+](=O)[O-])c(C(=O)O)c1. The topological polar surface area (TPSA) is 101 Å². The Morgan fingerprint density at radius 2 is 2.07 bits per heavy atom. The molecule has 0 aliphatic heterocycles. The van der Waals surface area contributed by atoms with Crippen LogP contribution in [0.5, 0.6) is 5.75 Å². The number of nitrogens with zero attached hydrogens (tertiary/aromatic N) is 1. The van der Waals surface area contributed by atoms with E-state index in [4.69, 9.17) is 5.11 Å². The van der Waals surface area contributed by atoms with Crippen molar-refractivity contribution >= 4 is 11.7 Å². The van der Waals surface area contributed by atoms with E-state index in [0.717, 1.165) is 12.1 Å². The molecule has 0 fully saturated rings. The van der Waals surface area contributed by atoms with Gasteiger partial charge in [0.05, 0.1) is 4.92 Å². The quantitative estimate of drug-likeness (QED) is 0.549. The smallest absolute Gasteiger partial charge is 0.342 e. The van der Waals surface area contributed by atoms with E-state index in [2.05, 4.69) is 0 Å². The third-order valence-corrected chi connectivity index (χ3v) is 1.65. The summed E-state index contributed by atoms with van der Waals surface area (Å²) in [5.41, 5.74) is -0.832. The number of nitro groups is 1. The molecule has 14 heavy (non-hydrogen) atoms. The molecule has 0 saturated heterocycles. The molecule has 0 bridgehead atoms. The van der Waals surface area contributed by atoms with E-state index in [1.54, 1.807) is 0 Å². The second-order valence-electron chi connectivity index (χ2n) is 2.74. The number of aromatic hydroxyl groups is 1. The van der Waals surface area contributed by atoms with Crippen LogP contribution in [0.2, 0.25) is 0 Å². The van der Waals surface area contributed by atoms with E-state index in [-0.39, 0.29) is 0 Å². The molecule has 0 radical (unpaired) electrons. The Morgan fingerprint density at radius 3 is 2.50 bits per heavy atom. The van der Waals surface area contributed by atoms with Gasteiger partial charge in [-0.15, -0.1) is 0 Å². The molecule has 6 heteroatoms. The fourth-order valence-corrected chi connectivity index (χ4v) is 1.11. The highest BCUT2D eigenvalue weighted by atomic mass is 16.6. The van der Waals surface area contributed by atoms with Crippen LogP contribution in [-0.2, 0) is 0 Å². The van der Waals surface area contributed by atoms with Gasteiger partial charge in [0.15, 0.2) is 5.75 Å². The first-order valence-electron chi connectivity index (χ1n) is 3.64. The van der Waals surface area contributed by atoms with Crippen LogP contribution in [0.1, 0.15) is 15.9 Å². The average molecular weight is 197 g/mol. The van der Waals surface area contributed by atoms with Crippen LogP contribution in [0.4, 0.5) is 5.69 Å². The lowest BCUT2D eigenvalue weighted by atomic mass is 10.1. The van der Waals surface area contributed by atoms with Crippen molar-refractivity contribution in [3.05, 3.63) is 33.4 Å². The number of carbonyl (C=O) groups is 1. The lowest BCUT2D eigenvalue weighted by Gasteiger charge is -2.01. The van der Waals surface area contributed by atoms with Gasteiger partial charge in [-0.2, -0.15) is 0 Å². The number of carboxylic acids is 1. The van der Waals surface area contributed by atoms with Gasteiger partial charge >= 0.3 is 11.7 Å². The van der Waals surface area contributed by atoms with Crippen LogP contribution >= 0.6 is 0 Å². The Bertz CT molecular complexity index is 412. The fraction of sp³-hybridized carbons (Fsp3) is 0.125. The van der Waals surface area contributed by atoms with Crippen LogP contribution in [-0.4, -0.2) is 21.1 Å². The van der Waals surface area contributed by atoms with E-state index < -0.39 is 27.9 Å². The number of aromatic carboxylic acids is 1. The summed E-state index contributed by atoms with van der Waals surface area (Å²) < 4.78 is 0. The first-order valence-corrected chi connectivity index (χ1v) is 3.64. The maximum Gasteiger partial charge on any atom is 0.342 e. The average Bonchev–Trinajstić information content (AvgIpc) is 2.01. The highest BCUT2D eigenvalue weighted by molar-refractivity contribution is 5.94. The number of hydrogen-bond donors (Lipinski definition) is 2. The maximum atomic E-state index is 10.6. The number of benzene rings is 1. The molecule has 74 valence electrons. The van der Waals surface area contributed by atoms with Gasteiger partial charge in [0.2, 0.25) is 0 Å². The normalized spacial score (nSPS) is 9.79. The Kier molecular flexibility index (Phi) is 2.37. The third-order valence-electron chi connectivity index (χ3n) is 1.65. The van der Waals surface area contributed by atoms with Crippen molar-refractivity contribution in [2.45, 2.75) is 6.92 Å². The van der Waals surface area contributed by atoms with E-state index in [0.29, 0.717) is 5.56 Å². The molecule has 0 unspecified atom stereocenters. The standard InChI is InChI=1S/C8H7NO5/c1-4-2-5(8(11)12)7(9(13)14)6(10)3-4/h2-3,10H,1H3,(H,11,12). The van der Waals surface area contributed by atoms with Crippen molar-refractivity contribution < 1.29 is 19.9 Å². The molecule has 2 N–H and O–H groups in total. The zero-order valence-corrected chi connectivity index (χ0v) is 7.22. The summed E-state index contributed by atoms with van der Waals surface area (Å²) in [6.45, 7) is 1.54. The number of aryl methyl sites for hydroxylation is 1. The van der Waals surface area contributed by atoms with Gasteiger partial charge in [0.25, 0.3) is 0 Å². The second kappa shape index (κ2) is 3.33. The molecule has 0 aromatic heterocycles.